The van der Waals surface area contributed by atoms with Crippen LogP contribution in [0, 0.1) is 11.3 Å². The predicted octanol–water partition coefficient (Wildman–Crippen LogP) is 5.39. The van der Waals surface area contributed by atoms with Crippen LogP contribution in [0.15, 0.2) is 18.2 Å². The average molecular weight is 399 g/mol. The van der Waals surface area contributed by atoms with E-state index in [1.54, 1.807) is 18.2 Å². The van der Waals surface area contributed by atoms with Crippen LogP contribution in [0.4, 0.5) is 10.7 Å². The fraction of sp³-hybridized carbons (Fsp3) is 0.412. The minimum atomic E-state index is -0.151. The SMILES string of the molecule is N=C(NCC1CCCCC1)c1c(O)nsc1Nc1cc(Cl)cc(Cl)c1. The van der Waals surface area contributed by atoms with Crippen LogP contribution in [0.1, 0.15) is 37.7 Å². The van der Waals surface area contributed by atoms with Gasteiger partial charge in [0, 0.05) is 22.3 Å². The van der Waals surface area contributed by atoms with Crippen molar-refractivity contribution in [3.8, 4) is 5.88 Å². The fourth-order valence-electron chi connectivity index (χ4n) is 3.08. The number of anilines is 2. The van der Waals surface area contributed by atoms with Crippen LogP contribution in [-0.2, 0) is 0 Å². The lowest BCUT2D eigenvalue weighted by Gasteiger charge is -2.22. The van der Waals surface area contributed by atoms with Crippen molar-refractivity contribution in [2.24, 2.45) is 5.92 Å². The molecule has 0 saturated heterocycles. The third-order valence-electron chi connectivity index (χ3n) is 4.34. The van der Waals surface area contributed by atoms with Crippen LogP contribution in [0.5, 0.6) is 5.88 Å². The van der Waals surface area contributed by atoms with Gasteiger partial charge in [-0.1, -0.05) is 42.5 Å². The quantitative estimate of drug-likeness (QED) is 0.401. The molecule has 1 heterocycles. The second kappa shape index (κ2) is 8.25. The minimum Gasteiger partial charge on any atom is -0.492 e. The Morgan fingerprint density at radius 3 is 2.56 bits per heavy atom. The van der Waals surface area contributed by atoms with Crippen LogP contribution in [0.3, 0.4) is 0 Å². The van der Waals surface area contributed by atoms with E-state index in [4.69, 9.17) is 28.6 Å². The first-order valence-corrected chi connectivity index (χ1v) is 9.80. The van der Waals surface area contributed by atoms with Crippen LogP contribution < -0.4 is 10.6 Å². The number of amidine groups is 1. The van der Waals surface area contributed by atoms with Crippen molar-refractivity contribution in [3.05, 3.63) is 33.8 Å². The zero-order valence-electron chi connectivity index (χ0n) is 13.6. The number of nitrogens with one attached hydrogen (secondary N) is 3. The van der Waals surface area contributed by atoms with E-state index in [2.05, 4.69) is 15.0 Å². The summed E-state index contributed by atoms with van der Waals surface area (Å²) in [6.45, 7) is 0.747. The molecule has 0 bridgehead atoms. The summed E-state index contributed by atoms with van der Waals surface area (Å²) in [7, 11) is 0. The van der Waals surface area contributed by atoms with Crippen molar-refractivity contribution in [2.75, 3.05) is 11.9 Å². The summed E-state index contributed by atoms with van der Waals surface area (Å²) in [6, 6.07) is 5.10. The summed E-state index contributed by atoms with van der Waals surface area (Å²) in [5, 5.41) is 26.2. The van der Waals surface area contributed by atoms with Gasteiger partial charge in [0.2, 0.25) is 5.88 Å². The highest BCUT2D eigenvalue weighted by Crippen LogP contribution is 2.34. The van der Waals surface area contributed by atoms with Gasteiger partial charge < -0.3 is 15.7 Å². The Balaban J connectivity index is 1.70. The lowest BCUT2D eigenvalue weighted by Crippen LogP contribution is -2.30. The van der Waals surface area contributed by atoms with Gasteiger partial charge in [0.25, 0.3) is 0 Å². The molecular formula is C17H20Cl2N4OS. The largest absolute Gasteiger partial charge is 0.492 e. The van der Waals surface area contributed by atoms with E-state index in [-0.39, 0.29) is 11.7 Å². The molecule has 1 aliphatic rings. The van der Waals surface area contributed by atoms with Crippen molar-refractivity contribution < 1.29 is 5.11 Å². The lowest BCUT2D eigenvalue weighted by molar-refractivity contribution is 0.356. The van der Waals surface area contributed by atoms with Gasteiger partial charge >= 0.3 is 0 Å². The molecule has 1 aromatic carbocycles. The molecule has 8 heteroatoms. The number of hydrogen-bond acceptors (Lipinski definition) is 5. The molecule has 4 N–H and O–H groups in total. The molecule has 0 spiro atoms. The van der Waals surface area contributed by atoms with Crippen LogP contribution in [0.25, 0.3) is 0 Å². The van der Waals surface area contributed by atoms with Crippen LogP contribution in [0.2, 0.25) is 10.0 Å². The molecule has 0 aliphatic heterocycles. The third kappa shape index (κ3) is 4.77. The highest BCUT2D eigenvalue weighted by molar-refractivity contribution is 7.11. The van der Waals surface area contributed by atoms with Crippen molar-refractivity contribution in [3.63, 3.8) is 0 Å². The Kier molecular flexibility index (Phi) is 6.04. The zero-order valence-corrected chi connectivity index (χ0v) is 15.9. The van der Waals surface area contributed by atoms with E-state index in [1.807, 2.05) is 0 Å². The molecule has 1 saturated carbocycles. The molecule has 2 aromatic rings. The Hall–Kier alpha value is -1.50. The summed E-state index contributed by atoms with van der Waals surface area (Å²) in [6.07, 6.45) is 6.21. The van der Waals surface area contributed by atoms with E-state index in [0.29, 0.717) is 32.2 Å². The number of aromatic hydroxyl groups is 1. The smallest absolute Gasteiger partial charge is 0.236 e. The van der Waals surface area contributed by atoms with Crippen molar-refractivity contribution in [1.82, 2.24) is 9.69 Å². The Morgan fingerprint density at radius 1 is 1.20 bits per heavy atom. The average Bonchev–Trinajstić information content (AvgIpc) is 2.93. The second-order valence-electron chi connectivity index (χ2n) is 6.25. The molecule has 1 aliphatic carbocycles. The van der Waals surface area contributed by atoms with Gasteiger partial charge in [0.15, 0.2) is 0 Å². The van der Waals surface area contributed by atoms with Crippen LogP contribution >= 0.6 is 34.7 Å². The topological polar surface area (TPSA) is 81.0 Å². The second-order valence-corrected chi connectivity index (χ2v) is 7.90. The normalized spacial score (nSPS) is 15.1. The third-order valence-corrected chi connectivity index (χ3v) is 5.53. The number of hydrogen-bond donors (Lipinski definition) is 4. The summed E-state index contributed by atoms with van der Waals surface area (Å²) >= 11 is 13.1. The number of halogens is 2. The maximum atomic E-state index is 10.1. The highest BCUT2D eigenvalue weighted by atomic mass is 35.5. The summed E-state index contributed by atoms with van der Waals surface area (Å²) < 4.78 is 3.96. The molecule has 134 valence electrons. The van der Waals surface area contributed by atoms with E-state index >= 15 is 0 Å². The van der Waals surface area contributed by atoms with E-state index in [1.165, 1.54) is 32.1 Å². The molecule has 0 atom stereocenters. The van der Waals surface area contributed by atoms with Crippen molar-refractivity contribution in [2.45, 2.75) is 32.1 Å². The van der Waals surface area contributed by atoms with Gasteiger partial charge in [0.05, 0.1) is 0 Å². The van der Waals surface area contributed by atoms with Gasteiger partial charge in [-0.3, -0.25) is 5.41 Å². The molecular weight excluding hydrogens is 379 g/mol. The predicted molar refractivity (Wildman–Crippen MR) is 105 cm³/mol. The summed E-state index contributed by atoms with van der Waals surface area (Å²) in [5.74, 6) is 0.611. The van der Waals surface area contributed by atoms with Gasteiger partial charge in [-0.05, 0) is 48.5 Å². The molecule has 5 nitrogen and oxygen atoms in total. The summed E-state index contributed by atoms with van der Waals surface area (Å²) in [4.78, 5) is 0. The molecule has 1 aromatic heterocycles. The maximum absolute atomic E-state index is 10.1. The molecule has 25 heavy (non-hydrogen) atoms. The minimum absolute atomic E-state index is 0.151. The van der Waals surface area contributed by atoms with Gasteiger partial charge in [-0.15, -0.1) is 0 Å². The van der Waals surface area contributed by atoms with Gasteiger partial charge in [-0.25, -0.2) is 0 Å². The monoisotopic (exact) mass is 398 g/mol. The van der Waals surface area contributed by atoms with E-state index in [9.17, 15) is 5.11 Å². The standard InChI is InChI=1S/C17H20Cl2N4OS/c18-11-6-12(19)8-13(7-11)22-17-14(16(24)23-25-17)15(20)21-9-10-4-2-1-3-5-10/h6-8,10,22H,1-5,9H2,(H2,20,21)(H,23,24). The molecule has 0 amide bonds. The number of nitrogens with zero attached hydrogens (tertiary/aromatic N) is 1. The maximum Gasteiger partial charge on any atom is 0.236 e. The van der Waals surface area contributed by atoms with E-state index in [0.717, 1.165) is 18.1 Å². The van der Waals surface area contributed by atoms with Crippen molar-refractivity contribution >= 4 is 51.3 Å². The molecule has 0 radical (unpaired) electrons. The Labute approximate surface area is 161 Å². The van der Waals surface area contributed by atoms with Gasteiger partial charge in [-0.2, -0.15) is 4.37 Å². The van der Waals surface area contributed by atoms with Crippen molar-refractivity contribution in [1.29, 1.82) is 5.41 Å². The molecule has 1 fully saturated rings. The number of aromatic nitrogens is 1. The van der Waals surface area contributed by atoms with E-state index < -0.39 is 0 Å². The first kappa shape index (κ1) is 18.3. The first-order valence-electron chi connectivity index (χ1n) is 8.27. The summed E-state index contributed by atoms with van der Waals surface area (Å²) in [5.41, 5.74) is 1.05. The van der Waals surface area contributed by atoms with Gasteiger partial charge in [0.1, 0.15) is 16.4 Å². The Morgan fingerprint density at radius 2 is 1.88 bits per heavy atom. The number of benzene rings is 1. The first-order chi connectivity index (χ1) is 12.0. The number of rotatable bonds is 5. The van der Waals surface area contributed by atoms with Crippen LogP contribution in [-0.4, -0.2) is 21.9 Å². The fourth-order valence-corrected chi connectivity index (χ4v) is 4.32. The highest BCUT2D eigenvalue weighted by Gasteiger charge is 2.20. The lowest BCUT2D eigenvalue weighted by atomic mass is 9.89. The zero-order chi connectivity index (χ0) is 17.8. The molecule has 0 unspecified atom stereocenters. The Bertz CT molecular complexity index is 739. The molecule has 3 rings (SSSR count).